The molecule has 5 nitrogen and oxygen atoms in total. The van der Waals surface area contributed by atoms with Crippen LogP contribution in [-0.4, -0.2) is 17.7 Å². The summed E-state index contributed by atoms with van der Waals surface area (Å²) >= 11 is 0. The minimum Gasteiger partial charge on any atom is -0.322 e. The Balaban J connectivity index is 1.47. The fraction of sp³-hybridized carbons (Fsp3) is 0.375. The lowest BCUT2D eigenvalue weighted by molar-refractivity contribution is -0.123. The Morgan fingerprint density at radius 1 is 0.931 bits per heavy atom. The highest BCUT2D eigenvalue weighted by molar-refractivity contribution is 6.25. The molecule has 2 aliphatic carbocycles. The first-order chi connectivity index (χ1) is 14.0. The van der Waals surface area contributed by atoms with E-state index in [4.69, 9.17) is 0 Å². The molecule has 5 heteroatoms. The highest BCUT2D eigenvalue weighted by Gasteiger charge is 2.61. The number of imide groups is 1. The average molecular weight is 388 g/mol. The van der Waals surface area contributed by atoms with E-state index in [0.29, 0.717) is 28.8 Å². The van der Waals surface area contributed by atoms with Crippen molar-refractivity contribution in [3.8, 4) is 0 Å². The van der Waals surface area contributed by atoms with Crippen molar-refractivity contribution in [3.63, 3.8) is 0 Å². The number of carbonyl (C=O) groups is 3. The van der Waals surface area contributed by atoms with Crippen LogP contribution < -0.4 is 10.2 Å². The number of para-hydroxylation sites is 1. The normalized spacial score (nSPS) is 27.4. The van der Waals surface area contributed by atoms with Crippen molar-refractivity contribution in [1.29, 1.82) is 0 Å². The number of benzene rings is 2. The summed E-state index contributed by atoms with van der Waals surface area (Å²) < 4.78 is 0. The monoisotopic (exact) mass is 388 g/mol. The topological polar surface area (TPSA) is 66.5 Å². The quantitative estimate of drug-likeness (QED) is 0.806. The number of hydrogen-bond acceptors (Lipinski definition) is 3. The van der Waals surface area contributed by atoms with Gasteiger partial charge in [-0.15, -0.1) is 0 Å². The highest BCUT2D eigenvalue weighted by Crippen LogP contribution is 2.56. The second-order valence-electron chi connectivity index (χ2n) is 8.67. The van der Waals surface area contributed by atoms with Gasteiger partial charge in [-0.25, -0.2) is 4.90 Å². The molecule has 0 unspecified atom stereocenters. The Morgan fingerprint density at radius 2 is 1.59 bits per heavy atom. The molecule has 5 rings (SSSR count). The van der Waals surface area contributed by atoms with E-state index in [9.17, 15) is 14.4 Å². The zero-order valence-electron chi connectivity index (χ0n) is 16.6. The molecule has 1 saturated heterocycles. The Morgan fingerprint density at radius 3 is 2.24 bits per heavy atom. The lowest BCUT2D eigenvalue weighted by Crippen LogP contribution is -2.34. The van der Waals surface area contributed by atoms with Crippen LogP contribution in [0.25, 0.3) is 0 Å². The SMILES string of the molecule is Cc1ccc(NC(=O)c2ccccc2N2C(=O)[C@@H]3[C@@H]4CC[C@@H](C4)[C@@H]3C2=O)cc1C. The molecule has 1 N–H and O–H groups in total. The van der Waals surface area contributed by atoms with Crippen LogP contribution in [0.1, 0.15) is 40.7 Å². The van der Waals surface area contributed by atoms with E-state index >= 15 is 0 Å². The van der Waals surface area contributed by atoms with Gasteiger partial charge >= 0.3 is 0 Å². The van der Waals surface area contributed by atoms with Crippen molar-refractivity contribution in [2.24, 2.45) is 23.7 Å². The highest BCUT2D eigenvalue weighted by atomic mass is 16.2. The van der Waals surface area contributed by atoms with E-state index < -0.39 is 0 Å². The molecule has 0 aromatic heterocycles. The maximum Gasteiger partial charge on any atom is 0.257 e. The maximum absolute atomic E-state index is 13.2. The molecule has 2 bridgehead atoms. The van der Waals surface area contributed by atoms with Gasteiger partial charge in [-0.05, 0) is 80.3 Å². The van der Waals surface area contributed by atoms with Gasteiger partial charge in [0, 0.05) is 5.69 Å². The summed E-state index contributed by atoms with van der Waals surface area (Å²) in [4.78, 5) is 40.7. The van der Waals surface area contributed by atoms with Crippen LogP contribution in [0.15, 0.2) is 42.5 Å². The third-order valence-electron chi connectivity index (χ3n) is 7.08. The first kappa shape index (κ1) is 18.1. The second kappa shape index (κ2) is 6.55. The number of aryl methyl sites for hydroxylation is 2. The minimum atomic E-state index is -0.315. The van der Waals surface area contributed by atoms with Crippen LogP contribution >= 0.6 is 0 Å². The Bertz CT molecular complexity index is 1020. The fourth-order valence-corrected chi connectivity index (χ4v) is 5.52. The number of fused-ring (bicyclic) bond motifs is 5. The van der Waals surface area contributed by atoms with Gasteiger partial charge < -0.3 is 5.32 Å². The third kappa shape index (κ3) is 2.71. The van der Waals surface area contributed by atoms with Gasteiger partial charge in [0.15, 0.2) is 0 Å². The van der Waals surface area contributed by atoms with E-state index in [2.05, 4.69) is 5.32 Å². The van der Waals surface area contributed by atoms with Crippen LogP contribution in [0.5, 0.6) is 0 Å². The maximum atomic E-state index is 13.2. The van der Waals surface area contributed by atoms with E-state index in [-0.39, 0.29) is 29.6 Å². The van der Waals surface area contributed by atoms with Crippen LogP contribution in [-0.2, 0) is 9.59 Å². The molecule has 2 saturated carbocycles. The Kier molecular flexibility index (Phi) is 4.09. The van der Waals surface area contributed by atoms with Crippen LogP contribution in [0.2, 0.25) is 0 Å². The minimum absolute atomic E-state index is 0.126. The molecule has 29 heavy (non-hydrogen) atoms. The summed E-state index contributed by atoms with van der Waals surface area (Å²) in [6.45, 7) is 4.01. The summed E-state index contributed by atoms with van der Waals surface area (Å²) in [6.07, 6.45) is 3.07. The van der Waals surface area contributed by atoms with E-state index in [1.807, 2.05) is 32.0 Å². The summed E-state index contributed by atoms with van der Waals surface area (Å²) in [5.41, 5.74) is 3.68. The largest absolute Gasteiger partial charge is 0.322 e. The van der Waals surface area contributed by atoms with Gasteiger partial charge in [0.1, 0.15) is 0 Å². The number of nitrogens with one attached hydrogen (secondary N) is 1. The summed E-state index contributed by atoms with van der Waals surface area (Å²) in [5.74, 6) is -0.318. The van der Waals surface area contributed by atoms with Gasteiger partial charge in [-0.1, -0.05) is 18.2 Å². The first-order valence-corrected chi connectivity index (χ1v) is 10.3. The fourth-order valence-electron chi connectivity index (χ4n) is 5.52. The predicted octanol–water partition coefficient (Wildman–Crippen LogP) is 4.09. The van der Waals surface area contributed by atoms with Gasteiger partial charge in [0.25, 0.3) is 5.91 Å². The lowest BCUT2D eigenvalue weighted by Gasteiger charge is -2.20. The average Bonchev–Trinajstić information content (AvgIpc) is 3.39. The zero-order valence-corrected chi connectivity index (χ0v) is 16.6. The summed E-state index contributed by atoms with van der Waals surface area (Å²) in [5, 5.41) is 2.91. The van der Waals surface area contributed by atoms with Crippen molar-refractivity contribution in [1.82, 2.24) is 0 Å². The van der Waals surface area contributed by atoms with E-state index in [1.165, 1.54) is 4.90 Å². The molecule has 148 valence electrons. The summed E-state index contributed by atoms with van der Waals surface area (Å²) in [6, 6.07) is 12.6. The third-order valence-corrected chi connectivity index (χ3v) is 7.08. The number of hydrogen-bond donors (Lipinski definition) is 1. The van der Waals surface area contributed by atoms with Crippen LogP contribution in [0, 0.1) is 37.5 Å². The van der Waals surface area contributed by atoms with Crippen LogP contribution in [0.3, 0.4) is 0 Å². The van der Waals surface area contributed by atoms with E-state index in [1.54, 1.807) is 24.3 Å². The lowest BCUT2D eigenvalue weighted by atomic mass is 9.81. The van der Waals surface area contributed by atoms with Gasteiger partial charge in [-0.3, -0.25) is 14.4 Å². The van der Waals surface area contributed by atoms with Gasteiger partial charge in [0.2, 0.25) is 11.8 Å². The van der Waals surface area contributed by atoms with Crippen LogP contribution in [0.4, 0.5) is 11.4 Å². The smallest absolute Gasteiger partial charge is 0.257 e. The Labute approximate surface area is 170 Å². The molecule has 0 spiro atoms. The molecule has 2 aromatic rings. The number of anilines is 2. The number of nitrogens with zero attached hydrogens (tertiary/aromatic N) is 1. The van der Waals surface area contributed by atoms with Crippen molar-refractivity contribution < 1.29 is 14.4 Å². The number of rotatable bonds is 3. The first-order valence-electron chi connectivity index (χ1n) is 10.3. The molecular formula is C24H24N2O3. The molecular weight excluding hydrogens is 364 g/mol. The van der Waals surface area contributed by atoms with Gasteiger partial charge in [0.05, 0.1) is 23.1 Å². The van der Waals surface area contributed by atoms with Crippen molar-refractivity contribution in [3.05, 3.63) is 59.2 Å². The molecule has 3 aliphatic rings. The summed E-state index contributed by atoms with van der Waals surface area (Å²) in [7, 11) is 0. The molecule has 2 aromatic carbocycles. The number of amides is 3. The van der Waals surface area contributed by atoms with E-state index in [0.717, 1.165) is 30.4 Å². The number of carbonyl (C=O) groups excluding carboxylic acids is 3. The van der Waals surface area contributed by atoms with Gasteiger partial charge in [-0.2, -0.15) is 0 Å². The molecule has 0 radical (unpaired) electrons. The molecule has 3 amide bonds. The van der Waals surface area contributed by atoms with Crippen molar-refractivity contribution in [2.75, 3.05) is 10.2 Å². The Hall–Kier alpha value is -2.95. The zero-order chi connectivity index (χ0) is 20.3. The van der Waals surface area contributed by atoms with Crippen molar-refractivity contribution in [2.45, 2.75) is 33.1 Å². The molecule has 1 heterocycles. The predicted molar refractivity (Wildman–Crippen MR) is 111 cm³/mol. The molecule has 3 fully saturated rings. The molecule has 1 aliphatic heterocycles. The standard InChI is InChI=1S/C24H24N2O3/c1-13-7-10-17(11-14(13)2)25-22(27)18-5-3-4-6-19(18)26-23(28)20-15-8-9-16(12-15)21(20)24(26)29/h3-7,10-11,15-16,20-21H,8-9,12H2,1-2H3,(H,25,27)/t15-,16+,20-,21+. The second-order valence-corrected chi connectivity index (χ2v) is 8.67. The molecule has 4 atom stereocenters. The van der Waals surface area contributed by atoms with Crippen molar-refractivity contribution >= 4 is 29.1 Å².